The number of rotatable bonds is 15. The maximum absolute atomic E-state index is 11.6. The third-order valence-electron chi connectivity index (χ3n) is 5.56. The molecule has 0 fully saturated rings. The van der Waals surface area contributed by atoms with Crippen LogP contribution in [0.3, 0.4) is 0 Å². The summed E-state index contributed by atoms with van der Waals surface area (Å²) in [6.45, 7) is 2.15. The number of fused-ring (bicyclic) bond motifs is 1. The molecule has 2 atom stereocenters. The molecule has 2 aromatic rings. The predicted molar refractivity (Wildman–Crippen MR) is 130 cm³/mol. The number of ether oxygens (including phenoxy) is 1. The third kappa shape index (κ3) is 8.58. The predicted octanol–water partition coefficient (Wildman–Crippen LogP) is 7.16. The van der Waals surface area contributed by atoms with E-state index in [0.717, 1.165) is 61.4 Å². The van der Waals surface area contributed by atoms with Crippen LogP contribution >= 0.6 is 0 Å². The molecule has 0 radical (unpaired) electrons. The molecule has 0 aliphatic heterocycles. The molecule has 0 amide bonds. The van der Waals surface area contributed by atoms with E-state index in [-0.39, 0.29) is 18.4 Å². The number of benzene rings is 1. The number of aliphatic carboxylic acids is 1. The van der Waals surface area contributed by atoms with Gasteiger partial charge in [-0.15, -0.1) is 0 Å². The van der Waals surface area contributed by atoms with E-state index in [1.54, 1.807) is 7.11 Å². The molecule has 2 N–H and O–H groups in total. The second-order valence-electron chi connectivity index (χ2n) is 7.85. The van der Waals surface area contributed by atoms with Crippen LogP contribution < -0.4 is 0 Å². The first kappa shape index (κ1) is 24.7. The minimum atomic E-state index is -0.793. The van der Waals surface area contributed by atoms with Gasteiger partial charge < -0.3 is 14.8 Å². The zero-order valence-electron chi connectivity index (χ0n) is 18.9. The first-order valence-electron chi connectivity index (χ1n) is 11.4. The van der Waals surface area contributed by atoms with E-state index < -0.39 is 5.97 Å². The molecule has 0 aliphatic carbocycles. The van der Waals surface area contributed by atoms with Crippen LogP contribution in [-0.2, 0) is 9.53 Å². The number of carbonyl (C=O) groups is 1. The Bertz CT molecular complexity index is 862. The Hall–Kier alpha value is -2.59. The number of carboxylic acid groups (broad SMARTS) is 1. The molecule has 168 valence electrons. The van der Waals surface area contributed by atoms with Crippen LogP contribution in [0, 0.1) is 0 Å². The Morgan fingerprint density at radius 1 is 1.06 bits per heavy atom. The number of hydrogen-bond acceptors (Lipinski definition) is 2. The maximum Gasteiger partial charge on any atom is 0.304 e. The number of hydrogen-bond donors (Lipinski definition) is 2. The Labute approximate surface area is 186 Å². The minimum absolute atomic E-state index is 0.0695. The summed E-state index contributed by atoms with van der Waals surface area (Å²) in [5, 5.41) is 10.6. The molecule has 0 aliphatic rings. The van der Waals surface area contributed by atoms with Crippen molar-refractivity contribution in [3.8, 4) is 0 Å². The number of H-pyrrole nitrogens is 1. The zero-order chi connectivity index (χ0) is 22.3. The van der Waals surface area contributed by atoms with Crippen molar-refractivity contribution in [1.82, 2.24) is 4.98 Å². The van der Waals surface area contributed by atoms with Gasteiger partial charge in [-0.2, -0.15) is 0 Å². The zero-order valence-corrected chi connectivity index (χ0v) is 18.9. The van der Waals surface area contributed by atoms with Crippen molar-refractivity contribution in [3.63, 3.8) is 0 Å². The van der Waals surface area contributed by atoms with Gasteiger partial charge in [0.25, 0.3) is 0 Å². The van der Waals surface area contributed by atoms with E-state index in [1.807, 2.05) is 30.5 Å². The molecule has 1 aromatic carbocycles. The van der Waals surface area contributed by atoms with E-state index in [9.17, 15) is 9.90 Å². The largest absolute Gasteiger partial charge is 0.481 e. The van der Waals surface area contributed by atoms with Crippen molar-refractivity contribution >= 4 is 16.9 Å². The summed E-state index contributed by atoms with van der Waals surface area (Å²) >= 11 is 0. The summed E-state index contributed by atoms with van der Waals surface area (Å²) in [6, 6.07) is 8.03. The van der Waals surface area contributed by atoms with Gasteiger partial charge in [0.15, 0.2) is 0 Å². The second-order valence-corrected chi connectivity index (χ2v) is 7.85. The lowest BCUT2D eigenvalue weighted by Crippen LogP contribution is -2.23. The summed E-state index contributed by atoms with van der Waals surface area (Å²) in [5.74, 6) is -0.959. The number of aromatic amines is 1. The maximum atomic E-state index is 11.6. The average Bonchev–Trinajstić information content (AvgIpc) is 3.19. The standard InChI is InChI=1S/C27H37NO3/c1-3-4-5-6-7-8-9-10-11-12-13-14-19-26(31-2)23(20-27(29)30)24-21-28-25-18-16-15-17-22(24)25/h4-5,7-8,10-11,15-18,21,23,26,28H,3,6,9,12-14,19-20H2,1-2H3,(H,29,30)/b5-4-,8-7-,11-10-. The van der Waals surface area contributed by atoms with Crippen LogP contribution in [0.5, 0.6) is 0 Å². The van der Waals surface area contributed by atoms with Crippen LogP contribution in [0.4, 0.5) is 0 Å². The first-order valence-corrected chi connectivity index (χ1v) is 11.4. The average molecular weight is 424 g/mol. The van der Waals surface area contributed by atoms with Crippen LogP contribution in [0.25, 0.3) is 10.9 Å². The normalized spacial score (nSPS) is 14.3. The van der Waals surface area contributed by atoms with Gasteiger partial charge in [0, 0.05) is 30.1 Å². The SMILES string of the molecule is CC/C=C\C/C=C\C/C=C\CCCCC(OC)C(CC(=O)O)c1c[nH]c2ccccc12. The van der Waals surface area contributed by atoms with Crippen molar-refractivity contribution in [3.05, 3.63) is 72.5 Å². The molecule has 0 saturated carbocycles. The molecule has 4 heteroatoms. The summed E-state index contributed by atoms with van der Waals surface area (Å²) in [4.78, 5) is 14.8. The highest BCUT2D eigenvalue weighted by Crippen LogP contribution is 2.33. The first-order chi connectivity index (χ1) is 15.2. The number of aromatic nitrogens is 1. The summed E-state index contributed by atoms with van der Waals surface area (Å²) in [5.41, 5.74) is 2.06. The number of para-hydroxylation sites is 1. The third-order valence-corrected chi connectivity index (χ3v) is 5.56. The Morgan fingerprint density at radius 2 is 1.77 bits per heavy atom. The molecule has 0 saturated heterocycles. The van der Waals surface area contributed by atoms with Crippen molar-refractivity contribution in [2.45, 2.75) is 70.3 Å². The molecule has 2 rings (SSSR count). The highest BCUT2D eigenvalue weighted by atomic mass is 16.5. The lowest BCUT2D eigenvalue weighted by atomic mass is 9.87. The molecule has 1 aromatic heterocycles. The van der Waals surface area contributed by atoms with Crippen molar-refractivity contribution in [2.24, 2.45) is 0 Å². The van der Waals surface area contributed by atoms with Gasteiger partial charge in [0.2, 0.25) is 0 Å². The number of carboxylic acids is 1. The Kier molecular flexibility index (Phi) is 11.5. The lowest BCUT2D eigenvalue weighted by Gasteiger charge is -2.25. The van der Waals surface area contributed by atoms with Crippen molar-refractivity contribution < 1.29 is 14.6 Å². The molecule has 1 heterocycles. The monoisotopic (exact) mass is 423 g/mol. The van der Waals surface area contributed by atoms with Crippen molar-refractivity contribution in [2.75, 3.05) is 7.11 Å². The Balaban J connectivity index is 1.83. The fourth-order valence-corrected chi connectivity index (χ4v) is 3.95. The molecule has 4 nitrogen and oxygen atoms in total. The lowest BCUT2D eigenvalue weighted by molar-refractivity contribution is -0.138. The Morgan fingerprint density at radius 3 is 2.48 bits per heavy atom. The highest BCUT2D eigenvalue weighted by Gasteiger charge is 2.27. The van der Waals surface area contributed by atoms with Crippen LogP contribution in [0.2, 0.25) is 0 Å². The van der Waals surface area contributed by atoms with Gasteiger partial charge in [-0.05, 0) is 50.2 Å². The quantitative estimate of drug-likeness (QED) is 0.236. The van der Waals surface area contributed by atoms with Gasteiger partial charge in [-0.3, -0.25) is 4.79 Å². The van der Waals surface area contributed by atoms with E-state index >= 15 is 0 Å². The van der Waals surface area contributed by atoms with Crippen molar-refractivity contribution in [1.29, 1.82) is 0 Å². The summed E-state index contributed by atoms with van der Waals surface area (Å²) < 4.78 is 5.78. The van der Waals surface area contributed by atoms with Gasteiger partial charge in [0.1, 0.15) is 0 Å². The minimum Gasteiger partial charge on any atom is -0.481 e. The molecular formula is C27H37NO3. The van der Waals surface area contributed by atoms with Crippen LogP contribution in [0.1, 0.15) is 69.8 Å². The molecule has 2 unspecified atom stereocenters. The van der Waals surface area contributed by atoms with E-state index in [4.69, 9.17) is 4.74 Å². The van der Waals surface area contributed by atoms with E-state index in [2.05, 4.69) is 48.4 Å². The fraction of sp³-hybridized carbons (Fsp3) is 0.444. The molecule has 0 spiro atoms. The van der Waals surface area contributed by atoms with Gasteiger partial charge in [-0.25, -0.2) is 0 Å². The molecular weight excluding hydrogens is 386 g/mol. The van der Waals surface area contributed by atoms with Gasteiger partial charge >= 0.3 is 5.97 Å². The molecule has 0 bridgehead atoms. The highest BCUT2D eigenvalue weighted by molar-refractivity contribution is 5.84. The summed E-state index contributed by atoms with van der Waals surface area (Å²) in [7, 11) is 1.69. The van der Waals surface area contributed by atoms with E-state index in [0.29, 0.717) is 0 Å². The van der Waals surface area contributed by atoms with Crippen LogP contribution in [0.15, 0.2) is 66.9 Å². The van der Waals surface area contributed by atoms with E-state index in [1.165, 1.54) is 0 Å². The fourth-order valence-electron chi connectivity index (χ4n) is 3.95. The molecule has 31 heavy (non-hydrogen) atoms. The van der Waals surface area contributed by atoms with Crippen LogP contribution in [-0.4, -0.2) is 29.3 Å². The number of unbranched alkanes of at least 4 members (excludes halogenated alkanes) is 2. The number of allylic oxidation sites excluding steroid dienone is 6. The number of methoxy groups -OCH3 is 1. The summed E-state index contributed by atoms with van der Waals surface area (Å²) in [6.07, 6.45) is 22.2. The topological polar surface area (TPSA) is 62.3 Å². The van der Waals surface area contributed by atoms with Gasteiger partial charge in [-0.1, -0.05) is 68.0 Å². The number of nitrogens with one attached hydrogen (secondary N) is 1. The van der Waals surface area contributed by atoms with Gasteiger partial charge in [0.05, 0.1) is 12.5 Å². The second kappa shape index (κ2) is 14.4. The smallest absolute Gasteiger partial charge is 0.304 e.